The van der Waals surface area contributed by atoms with Crippen LogP contribution < -0.4 is 0 Å². The smallest absolute Gasteiger partial charge is 0.417 e. The Morgan fingerprint density at radius 1 is 1.11 bits per heavy atom. The van der Waals surface area contributed by atoms with Gasteiger partial charge in [-0.2, -0.15) is 23.8 Å². The molecule has 2 aromatic rings. The summed E-state index contributed by atoms with van der Waals surface area (Å²) in [6, 6.07) is 2.80. The van der Waals surface area contributed by atoms with E-state index in [1.54, 1.807) is 0 Å². The maximum atomic E-state index is 13.5. The fourth-order valence-electron chi connectivity index (χ4n) is 3.40. The molecule has 0 bridgehead atoms. The molecule has 2 heterocycles. The SMILES string of the molecule is OC1=C(c2cc(Cl)ccc2C(F)(F)F)S(O)(O)C(C2CC2)c2nccnc21. The summed E-state index contributed by atoms with van der Waals surface area (Å²) in [4.78, 5) is 7.56. The summed E-state index contributed by atoms with van der Waals surface area (Å²) in [6.45, 7) is 0. The molecule has 1 aromatic carbocycles. The molecule has 0 radical (unpaired) electrons. The topological polar surface area (TPSA) is 86.5 Å². The van der Waals surface area contributed by atoms with Crippen LogP contribution in [0.2, 0.25) is 5.02 Å². The van der Waals surface area contributed by atoms with Crippen LogP contribution >= 0.6 is 22.2 Å². The number of aromatic nitrogens is 2. The zero-order valence-electron chi connectivity index (χ0n) is 13.6. The number of halogens is 4. The first-order chi connectivity index (χ1) is 12.6. The third-order valence-electron chi connectivity index (χ3n) is 4.67. The molecule has 3 N–H and O–H groups in total. The third kappa shape index (κ3) is 2.98. The summed E-state index contributed by atoms with van der Waals surface area (Å²) in [5.41, 5.74) is -1.52. The van der Waals surface area contributed by atoms with Crippen LogP contribution in [0.15, 0.2) is 30.6 Å². The number of rotatable bonds is 2. The van der Waals surface area contributed by atoms with Crippen molar-refractivity contribution in [3.63, 3.8) is 0 Å². The van der Waals surface area contributed by atoms with Crippen molar-refractivity contribution in [2.45, 2.75) is 24.3 Å². The highest BCUT2D eigenvalue weighted by Gasteiger charge is 2.51. The molecule has 0 spiro atoms. The Labute approximate surface area is 158 Å². The highest BCUT2D eigenvalue weighted by Crippen LogP contribution is 2.73. The van der Waals surface area contributed by atoms with E-state index in [2.05, 4.69) is 9.97 Å². The minimum absolute atomic E-state index is 0.0265. The second-order valence-electron chi connectivity index (χ2n) is 6.51. The molecule has 27 heavy (non-hydrogen) atoms. The summed E-state index contributed by atoms with van der Waals surface area (Å²) < 4.78 is 62.6. The zero-order valence-corrected chi connectivity index (χ0v) is 15.2. The van der Waals surface area contributed by atoms with Crippen molar-refractivity contribution in [2.24, 2.45) is 5.92 Å². The fraction of sp³-hybridized carbons (Fsp3) is 0.294. The van der Waals surface area contributed by atoms with Gasteiger partial charge in [0.2, 0.25) is 0 Å². The lowest BCUT2D eigenvalue weighted by Crippen LogP contribution is -2.24. The van der Waals surface area contributed by atoms with Gasteiger partial charge in [-0.3, -0.25) is 14.1 Å². The van der Waals surface area contributed by atoms with Gasteiger partial charge in [-0.05, 0) is 37.0 Å². The van der Waals surface area contributed by atoms with Crippen molar-refractivity contribution in [3.8, 4) is 0 Å². The van der Waals surface area contributed by atoms with E-state index in [0.717, 1.165) is 18.2 Å². The van der Waals surface area contributed by atoms with Gasteiger partial charge in [-0.15, -0.1) is 0 Å². The summed E-state index contributed by atoms with van der Waals surface area (Å²) in [7, 11) is -3.85. The molecule has 1 atom stereocenters. The second kappa shape index (κ2) is 6.10. The van der Waals surface area contributed by atoms with Crippen LogP contribution in [0, 0.1) is 5.92 Å². The summed E-state index contributed by atoms with van der Waals surface area (Å²) in [5.74, 6) is -0.871. The minimum atomic E-state index is -4.78. The van der Waals surface area contributed by atoms with Crippen LogP contribution in [-0.2, 0) is 6.18 Å². The van der Waals surface area contributed by atoms with E-state index in [0.29, 0.717) is 12.8 Å². The van der Waals surface area contributed by atoms with Crippen molar-refractivity contribution in [1.82, 2.24) is 9.97 Å². The van der Waals surface area contributed by atoms with Gasteiger partial charge in [0.1, 0.15) is 15.8 Å². The fourth-order valence-corrected chi connectivity index (χ4v) is 6.00. The lowest BCUT2D eigenvalue weighted by molar-refractivity contribution is -0.137. The van der Waals surface area contributed by atoms with Gasteiger partial charge in [-0.1, -0.05) is 11.6 Å². The summed E-state index contributed by atoms with van der Waals surface area (Å²) >= 11 is 5.88. The molecular formula is C17H14ClF3N2O3S. The molecule has 10 heteroatoms. The molecule has 1 aliphatic carbocycles. The van der Waals surface area contributed by atoms with E-state index in [9.17, 15) is 27.4 Å². The molecule has 1 fully saturated rings. The second-order valence-corrected chi connectivity index (χ2v) is 9.04. The van der Waals surface area contributed by atoms with Crippen molar-refractivity contribution in [2.75, 3.05) is 0 Å². The normalized spacial score (nSPS) is 23.1. The Hall–Kier alpha value is -1.81. The van der Waals surface area contributed by atoms with E-state index in [-0.39, 0.29) is 22.3 Å². The largest absolute Gasteiger partial charge is 0.504 e. The van der Waals surface area contributed by atoms with Crippen molar-refractivity contribution in [3.05, 3.63) is 58.1 Å². The minimum Gasteiger partial charge on any atom is -0.504 e. The Bertz CT molecular complexity index is 961. The molecule has 1 aromatic heterocycles. The van der Waals surface area contributed by atoms with E-state index >= 15 is 0 Å². The number of benzene rings is 1. The number of hydrogen-bond acceptors (Lipinski definition) is 5. The third-order valence-corrected chi connectivity index (χ3v) is 7.24. The predicted molar refractivity (Wildman–Crippen MR) is 96.2 cm³/mol. The van der Waals surface area contributed by atoms with Gasteiger partial charge in [0.25, 0.3) is 0 Å². The average Bonchev–Trinajstić information content (AvgIpc) is 3.38. The standard InChI is InChI=1S/C17H14ClF3N2O3S/c18-9-3-4-11(17(19,20)21)10(7-9)16-14(24)12-13(23-6-5-22-12)15(8-1-2-8)27(16,25)26/h3-8,15,24-26H,1-2H2. The number of aliphatic hydroxyl groups is 1. The first kappa shape index (κ1) is 18.5. The van der Waals surface area contributed by atoms with Crippen LogP contribution in [0.5, 0.6) is 0 Å². The van der Waals surface area contributed by atoms with Crippen LogP contribution in [0.3, 0.4) is 0 Å². The quantitative estimate of drug-likeness (QED) is 0.578. The van der Waals surface area contributed by atoms with Gasteiger partial charge in [0.05, 0.1) is 11.3 Å². The van der Waals surface area contributed by atoms with E-state index in [1.807, 2.05) is 0 Å². The Balaban J connectivity index is 2.04. The van der Waals surface area contributed by atoms with Crippen LogP contribution in [-0.4, -0.2) is 24.2 Å². The lowest BCUT2D eigenvalue weighted by Gasteiger charge is -2.45. The van der Waals surface area contributed by atoms with Gasteiger partial charge in [0, 0.05) is 23.0 Å². The summed E-state index contributed by atoms with van der Waals surface area (Å²) in [6.07, 6.45) is -0.766. The molecule has 5 nitrogen and oxygen atoms in total. The number of aliphatic hydroxyl groups excluding tert-OH is 1. The van der Waals surface area contributed by atoms with E-state index in [1.165, 1.54) is 12.4 Å². The highest BCUT2D eigenvalue weighted by atomic mass is 35.5. The molecule has 1 unspecified atom stereocenters. The lowest BCUT2D eigenvalue weighted by atomic mass is 10.0. The maximum absolute atomic E-state index is 13.5. The highest BCUT2D eigenvalue weighted by molar-refractivity contribution is 8.32. The van der Waals surface area contributed by atoms with Gasteiger partial charge in [-0.25, -0.2) is 4.98 Å². The molecule has 4 rings (SSSR count). The van der Waals surface area contributed by atoms with Crippen molar-refractivity contribution < 1.29 is 27.4 Å². The van der Waals surface area contributed by atoms with Crippen molar-refractivity contribution >= 4 is 32.9 Å². The zero-order chi connectivity index (χ0) is 19.6. The van der Waals surface area contributed by atoms with Crippen LogP contribution in [0.25, 0.3) is 10.7 Å². The van der Waals surface area contributed by atoms with E-state index in [4.69, 9.17) is 11.6 Å². The Morgan fingerprint density at radius 3 is 2.41 bits per heavy atom. The molecule has 0 saturated heterocycles. The molecule has 144 valence electrons. The Kier molecular flexibility index (Phi) is 4.19. The molecule has 1 saturated carbocycles. The van der Waals surface area contributed by atoms with E-state index < -0.39 is 43.8 Å². The average molecular weight is 419 g/mol. The van der Waals surface area contributed by atoms with Crippen LogP contribution in [0.1, 0.15) is 40.6 Å². The molecular weight excluding hydrogens is 405 g/mol. The number of nitrogens with zero attached hydrogens (tertiary/aromatic N) is 2. The first-order valence-corrected chi connectivity index (χ1v) is 10.00. The maximum Gasteiger partial charge on any atom is 0.417 e. The van der Waals surface area contributed by atoms with Gasteiger partial charge < -0.3 is 5.11 Å². The monoisotopic (exact) mass is 418 g/mol. The Morgan fingerprint density at radius 2 is 1.78 bits per heavy atom. The predicted octanol–water partition coefficient (Wildman–Crippen LogP) is 5.75. The molecule has 0 amide bonds. The number of hydrogen-bond donors (Lipinski definition) is 3. The number of fused-ring (bicyclic) bond motifs is 1. The van der Waals surface area contributed by atoms with Gasteiger partial charge >= 0.3 is 6.18 Å². The molecule has 2 aliphatic rings. The van der Waals surface area contributed by atoms with Gasteiger partial charge in [0.15, 0.2) is 5.76 Å². The molecule has 1 aliphatic heterocycles. The number of alkyl halides is 3. The first-order valence-electron chi connectivity index (χ1n) is 8.01. The summed E-state index contributed by atoms with van der Waals surface area (Å²) in [5, 5.41) is 9.73. The van der Waals surface area contributed by atoms with Crippen LogP contribution in [0.4, 0.5) is 13.2 Å². The van der Waals surface area contributed by atoms with Crippen molar-refractivity contribution in [1.29, 1.82) is 0 Å².